The van der Waals surface area contributed by atoms with E-state index in [1.807, 2.05) is 6.92 Å². The molecule has 0 amide bonds. The van der Waals surface area contributed by atoms with Crippen LogP contribution in [-0.4, -0.2) is 50.1 Å². The van der Waals surface area contributed by atoms with Crippen molar-refractivity contribution in [1.29, 1.82) is 0 Å². The number of hydrogen-bond donors (Lipinski definition) is 1. The number of esters is 1. The van der Waals surface area contributed by atoms with Crippen LogP contribution < -0.4 is 5.56 Å². The monoisotopic (exact) mass is 357 g/mol. The predicted molar refractivity (Wildman–Crippen MR) is 94.3 cm³/mol. The first kappa shape index (κ1) is 17.0. The summed E-state index contributed by atoms with van der Waals surface area (Å²) < 4.78 is 6.62. The van der Waals surface area contributed by atoms with Crippen LogP contribution in [-0.2, 0) is 16.1 Å². The molecule has 8 nitrogen and oxygen atoms in total. The van der Waals surface area contributed by atoms with E-state index < -0.39 is 0 Å². The number of carbonyl (C=O) groups is 1. The third-order valence-electron chi connectivity index (χ3n) is 5.44. The van der Waals surface area contributed by atoms with E-state index in [1.165, 1.54) is 16.9 Å². The van der Waals surface area contributed by atoms with Crippen LogP contribution in [0.25, 0.3) is 5.78 Å². The van der Waals surface area contributed by atoms with Crippen molar-refractivity contribution in [3.63, 3.8) is 0 Å². The Labute approximate surface area is 150 Å². The highest BCUT2D eigenvalue weighted by molar-refractivity contribution is 5.74. The Hall–Kier alpha value is -2.48. The first-order valence-electron chi connectivity index (χ1n) is 9.06. The van der Waals surface area contributed by atoms with E-state index in [0.29, 0.717) is 30.5 Å². The van der Waals surface area contributed by atoms with Gasteiger partial charge in [0.25, 0.3) is 11.3 Å². The van der Waals surface area contributed by atoms with Gasteiger partial charge in [0.15, 0.2) is 0 Å². The lowest BCUT2D eigenvalue weighted by Crippen LogP contribution is -2.37. The van der Waals surface area contributed by atoms with E-state index in [2.05, 4.69) is 39.0 Å². The zero-order valence-electron chi connectivity index (χ0n) is 15.0. The minimum Gasteiger partial charge on any atom is -0.466 e. The number of allylic oxidation sites excluding steroid dienone is 1. The molecule has 0 saturated carbocycles. The first-order chi connectivity index (χ1) is 12.6. The average Bonchev–Trinajstić information content (AvgIpc) is 3.21. The second-order valence-corrected chi connectivity index (χ2v) is 7.15. The van der Waals surface area contributed by atoms with Crippen molar-refractivity contribution >= 4 is 11.7 Å². The van der Waals surface area contributed by atoms with E-state index in [-0.39, 0.29) is 29.3 Å². The molecule has 2 aromatic rings. The maximum atomic E-state index is 12.4. The third kappa shape index (κ3) is 2.94. The molecule has 4 atom stereocenters. The second kappa shape index (κ2) is 6.68. The van der Waals surface area contributed by atoms with E-state index in [0.717, 1.165) is 13.1 Å². The van der Waals surface area contributed by atoms with Crippen LogP contribution >= 0.6 is 0 Å². The Morgan fingerprint density at radius 2 is 2.23 bits per heavy atom. The Balaban J connectivity index is 1.52. The van der Waals surface area contributed by atoms with Crippen LogP contribution in [0.5, 0.6) is 0 Å². The minimum absolute atomic E-state index is 0.101. The number of fused-ring (bicyclic) bond motifs is 2. The predicted octanol–water partition coefficient (Wildman–Crippen LogP) is 0.851. The number of rotatable bonds is 4. The summed E-state index contributed by atoms with van der Waals surface area (Å²) in [6.45, 7) is 6.55. The Kier molecular flexibility index (Phi) is 4.36. The van der Waals surface area contributed by atoms with E-state index in [1.54, 1.807) is 0 Å². The zero-order chi connectivity index (χ0) is 18.3. The van der Waals surface area contributed by atoms with Crippen LogP contribution in [0.3, 0.4) is 0 Å². The standard InChI is InChI=1S/C18H23N5O3/c1-3-26-17(25)16-11(2)4-5-12-7-22(9-14(12)16)8-13-6-15(24)23-18(21-13)19-10-20-23/h4-6,10-12,14,16H,3,7-9H2,1-2H3,(H,19,20,21)/t11-,12-,14-,16-/m0/s1. The summed E-state index contributed by atoms with van der Waals surface area (Å²) in [5.74, 6) is 0.915. The minimum atomic E-state index is -0.169. The van der Waals surface area contributed by atoms with Gasteiger partial charge in [0.1, 0.15) is 6.33 Å². The second-order valence-electron chi connectivity index (χ2n) is 7.15. The summed E-state index contributed by atoms with van der Waals surface area (Å²) in [5, 5.41) is 2.74. The highest BCUT2D eigenvalue weighted by atomic mass is 16.5. The number of aromatic nitrogens is 4. The Morgan fingerprint density at radius 1 is 1.38 bits per heavy atom. The Morgan fingerprint density at radius 3 is 3.04 bits per heavy atom. The molecule has 0 spiro atoms. The quantitative estimate of drug-likeness (QED) is 0.644. The number of nitrogens with one attached hydrogen (secondary N) is 1. The van der Waals surface area contributed by atoms with Gasteiger partial charge >= 0.3 is 5.97 Å². The zero-order valence-corrected chi connectivity index (χ0v) is 15.0. The molecule has 138 valence electrons. The van der Waals surface area contributed by atoms with Crippen LogP contribution in [0.15, 0.2) is 29.3 Å². The molecule has 2 aromatic heterocycles. The smallest absolute Gasteiger partial charge is 0.309 e. The van der Waals surface area contributed by atoms with Gasteiger partial charge in [0.2, 0.25) is 0 Å². The largest absolute Gasteiger partial charge is 0.466 e. The van der Waals surface area contributed by atoms with Gasteiger partial charge in [-0.3, -0.25) is 19.6 Å². The third-order valence-corrected chi connectivity index (χ3v) is 5.44. The fourth-order valence-electron chi connectivity index (χ4n) is 4.29. The van der Waals surface area contributed by atoms with Crippen LogP contribution in [0, 0.1) is 23.7 Å². The average molecular weight is 357 g/mol. The molecule has 3 heterocycles. The molecule has 26 heavy (non-hydrogen) atoms. The number of nitrogens with zero attached hydrogens (tertiary/aromatic N) is 4. The van der Waals surface area contributed by atoms with Crippen molar-refractivity contribution in [2.24, 2.45) is 23.7 Å². The summed E-state index contributed by atoms with van der Waals surface area (Å²) in [6.07, 6.45) is 5.81. The van der Waals surface area contributed by atoms with Crippen LogP contribution in [0.4, 0.5) is 0 Å². The number of H-pyrrole nitrogens is 1. The lowest BCUT2D eigenvalue weighted by Gasteiger charge is -2.32. The highest BCUT2D eigenvalue weighted by Gasteiger charge is 2.44. The topological polar surface area (TPSA) is 92.6 Å². The molecule has 1 aliphatic carbocycles. The summed E-state index contributed by atoms with van der Waals surface area (Å²) >= 11 is 0. The van der Waals surface area contributed by atoms with Crippen molar-refractivity contribution in [2.75, 3.05) is 19.7 Å². The van der Waals surface area contributed by atoms with E-state index >= 15 is 0 Å². The number of aromatic amines is 1. The highest BCUT2D eigenvalue weighted by Crippen LogP contribution is 2.40. The molecule has 0 unspecified atom stereocenters. The fraction of sp³-hybridized carbons (Fsp3) is 0.556. The van der Waals surface area contributed by atoms with Gasteiger partial charge in [0.05, 0.1) is 18.2 Å². The molecule has 1 N–H and O–H groups in total. The summed E-state index contributed by atoms with van der Waals surface area (Å²) in [6, 6.07) is 1.54. The van der Waals surface area contributed by atoms with Crippen LogP contribution in [0.1, 0.15) is 19.5 Å². The lowest BCUT2D eigenvalue weighted by molar-refractivity contribution is -0.152. The van der Waals surface area contributed by atoms with Gasteiger partial charge in [-0.2, -0.15) is 4.52 Å². The van der Waals surface area contributed by atoms with Crippen molar-refractivity contribution in [3.8, 4) is 0 Å². The number of likely N-dealkylation sites (tertiary alicyclic amines) is 1. The molecule has 0 radical (unpaired) electrons. The van der Waals surface area contributed by atoms with Crippen molar-refractivity contribution in [1.82, 2.24) is 24.5 Å². The maximum absolute atomic E-state index is 12.4. The molecule has 8 heteroatoms. The number of carbonyl (C=O) groups excluding carboxylic acids is 1. The normalized spacial score (nSPS) is 28.4. The molecule has 4 rings (SSSR count). The van der Waals surface area contributed by atoms with Gasteiger partial charge in [-0.05, 0) is 24.7 Å². The fourth-order valence-corrected chi connectivity index (χ4v) is 4.29. The summed E-state index contributed by atoms with van der Waals surface area (Å²) in [4.78, 5) is 35.3. The van der Waals surface area contributed by atoms with Gasteiger partial charge in [-0.25, -0.2) is 9.97 Å². The molecule has 1 aliphatic heterocycles. The van der Waals surface area contributed by atoms with Crippen LogP contribution in [0.2, 0.25) is 0 Å². The van der Waals surface area contributed by atoms with Gasteiger partial charge in [-0.1, -0.05) is 19.1 Å². The van der Waals surface area contributed by atoms with Crippen molar-refractivity contribution < 1.29 is 9.53 Å². The van der Waals surface area contributed by atoms with Gasteiger partial charge in [0, 0.05) is 25.7 Å². The molecule has 0 aromatic carbocycles. The van der Waals surface area contributed by atoms with Crippen molar-refractivity contribution in [2.45, 2.75) is 20.4 Å². The summed E-state index contributed by atoms with van der Waals surface area (Å²) in [5.41, 5.74) is 0.530. The van der Waals surface area contributed by atoms with E-state index in [4.69, 9.17) is 4.74 Å². The molecule has 1 saturated heterocycles. The number of hydrogen-bond acceptors (Lipinski definition) is 6. The molecular formula is C18H23N5O3. The molecular weight excluding hydrogens is 334 g/mol. The molecule has 2 aliphatic rings. The van der Waals surface area contributed by atoms with Gasteiger partial charge < -0.3 is 4.74 Å². The molecule has 1 fully saturated rings. The number of ether oxygens (including phenoxy) is 1. The Bertz CT molecular complexity index is 902. The van der Waals surface area contributed by atoms with E-state index in [9.17, 15) is 9.59 Å². The molecule has 0 bridgehead atoms. The first-order valence-corrected chi connectivity index (χ1v) is 9.06. The maximum Gasteiger partial charge on any atom is 0.309 e. The summed E-state index contributed by atoms with van der Waals surface area (Å²) in [7, 11) is 0. The van der Waals surface area contributed by atoms with Gasteiger partial charge in [-0.15, -0.1) is 0 Å². The SMILES string of the molecule is CCOC(=O)[C@@H]1[C@H]2CN(Cc3cc(=O)n4[nH]cnc4n3)C[C@@H]2C=C[C@@H]1C. The van der Waals surface area contributed by atoms with Crippen molar-refractivity contribution in [3.05, 3.63) is 40.6 Å². The lowest BCUT2D eigenvalue weighted by atomic mass is 9.72.